The number of aryl methyl sites for hydroxylation is 1. The summed E-state index contributed by atoms with van der Waals surface area (Å²) in [7, 11) is -3.38. The van der Waals surface area contributed by atoms with Gasteiger partial charge in [-0.1, -0.05) is 27.7 Å². The Morgan fingerprint density at radius 1 is 1.73 bits per heavy atom. The van der Waals surface area contributed by atoms with Crippen molar-refractivity contribution in [3.8, 4) is 0 Å². The fourth-order valence-corrected chi connectivity index (χ4v) is 2.27. The molecule has 1 aromatic heterocycles. The fraction of sp³-hybridized carbons (Fsp3) is 0.375. The predicted octanol–water partition coefficient (Wildman–Crippen LogP) is 1.31. The lowest BCUT2D eigenvalue weighted by Crippen LogP contribution is -2.26. The fourth-order valence-electron chi connectivity index (χ4n) is 0.920. The molecule has 0 spiro atoms. The van der Waals surface area contributed by atoms with Gasteiger partial charge in [0.05, 0.1) is 0 Å². The third kappa shape index (κ3) is 4.59. The first-order valence-corrected chi connectivity index (χ1v) is 6.56. The van der Waals surface area contributed by atoms with Gasteiger partial charge in [0, 0.05) is 17.1 Å². The Labute approximate surface area is 96.7 Å². The molecule has 0 aromatic carbocycles. The summed E-state index contributed by atoms with van der Waals surface area (Å²) in [6, 6.07) is 1.59. The summed E-state index contributed by atoms with van der Waals surface area (Å²) in [5, 5.41) is 3.60. The van der Waals surface area contributed by atoms with E-state index < -0.39 is 10.0 Å². The van der Waals surface area contributed by atoms with Crippen LogP contribution in [0.2, 0.25) is 0 Å². The highest BCUT2D eigenvalue weighted by molar-refractivity contribution is 9.11. The van der Waals surface area contributed by atoms with Crippen molar-refractivity contribution in [3.63, 3.8) is 0 Å². The van der Waals surface area contributed by atoms with Gasteiger partial charge >= 0.3 is 0 Å². The summed E-state index contributed by atoms with van der Waals surface area (Å²) in [6.45, 7) is 5.40. The van der Waals surface area contributed by atoms with Crippen molar-refractivity contribution >= 4 is 26.0 Å². The van der Waals surface area contributed by atoms with Gasteiger partial charge in [-0.05, 0) is 6.92 Å². The molecule has 0 radical (unpaired) electrons. The van der Waals surface area contributed by atoms with Gasteiger partial charge in [-0.25, -0.2) is 13.1 Å². The standard InChI is InChI=1S/C8H11BrN2O3S/c1-6(9)4-10-15(12,13)5-8-3-7(2)14-11-8/h3,10H,1,4-5H2,2H3. The van der Waals surface area contributed by atoms with Gasteiger partial charge in [-0.3, -0.25) is 0 Å². The van der Waals surface area contributed by atoms with Crippen molar-refractivity contribution in [1.29, 1.82) is 0 Å². The number of nitrogens with zero attached hydrogens (tertiary/aromatic N) is 1. The van der Waals surface area contributed by atoms with Crippen molar-refractivity contribution in [2.45, 2.75) is 12.7 Å². The van der Waals surface area contributed by atoms with Crippen molar-refractivity contribution < 1.29 is 12.9 Å². The highest BCUT2D eigenvalue weighted by atomic mass is 79.9. The maximum Gasteiger partial charge on any atom is 0.217 e. The lowest BCUT2D eigenvalue weighted by atomic mass is 10.4. The Morgan fingerprint density at radius 3 is 2.87 bits per heavy atom. The number of rotatable bonds is 5. The van der Waals surface area contributed by atoms with Crippen LogP contribution < -0.4 is 4.72 Å². The summed E-state index contributed by atoms with van der Waals surface area (Å²) < 4.78 is 30.6. The SMILES string of the molecule is C=C(Br)CNS(=O)(=O)Cc1cc(C)on1. The van der Waals surface area contributed by atoms with Crippen molar-refractivity contribution in [2.75, 3.05) is 6.54 Å². The molecule has 15 heavy (non-hydrogen) atoms. The van der Waals surface area contributed by atoms with E-state index >= 15 is 0 Å². The summed E-state index contributed by atoms with van der Waals surface area (Å²) in [5.41, 5.74) is 0.389. The number of nitrogens with one attached hydrogen (secondary N) is 1. The average Bonchev–Trinajstić information content (AvgIpc) is 2.47. The van der Waals surface area contributed by atoms with Gasteiger partial charge in [0.2, 0.25) is 10.0 Å². The highest BCUT2D eigenvalue weighted by Crippen LogP contribution is 2.06. The Bertz CT molecular complexity index is 452. The number of halogens is 1. The van der Waals surface area contributed by atoms with Crippen LogP contribution in [0.3, 0.4) is 0 Å². The minimum Gasteiger partial charge on any atom is -0.361 e. The highest BCUT2D eigenvalue weighted by Gasteiger charge is 2.13. The molecule has 0 aliphatic carbocycles. The predicted molar refractivity (Wildman–Crippen MR) is 59.9 cm³/mol. The molecule has 0 amide bonds. The van der Waals surface area contributed by atoms with E-state index in [1.807, 2.05) is 0 Å². The molecule has 0 aliphatic heterocycles. The molecule has 1 heterocycles. The Morgan fingerprint density at radius 2 is 2.40 bits per heavy atom. The van der Waals surface area contributed by atoms with E-state index in [1.54, 1.807) is 13.0 Å². The molecular weight excluding hydrogens is 284 g/mol. The van der Waals surface area contributed by atoms with Crippen LogP contribution in [0.25, 0.3) is 0 Å². The van der Waals surface area contributed by atoms with Crippen LogP contribution in [-0.2, 0) is 15.8 Å². The average molecular weight is 295 g/mol. The molecule has 0 unspecified atom stereocenters. The minimum atomic E-state index is -3.38. The number of hydrogen-bond donors (Lipinski definition) is 1. The molecule has 0 aliphatic rings. The molecule has 1 rings (SSSR count). The molecule has 84 valence electrons. The zero-order valence-electron chi connectivity index (χ0n) is 8.16. The van der Waals surface area contributed by atoms with E-state index in [0.29, 0.717) is 15.9 Å². The maximum atomic E-state index is 11.5. The lowest BCUT2D eigenvalue weighted by Gasteiger charge is -2.02. The zero-order valence-corrected chi connectivity index (χ0v) is 10.6. The van der Waals surface area contributed by atoms with Crippen molar-refractivity contribution in [1.82, 2.24) is 9.88 Å². The topological polar surface area (TPSA) is 72.2 Å². The molecule has 0 saturated carbocycles. The maximum absolute atomic E-state index is 11.5. The van der Waals surface area contributed by atoms with Crippen LogP contribution in [0.1, 0.15) is 11.5 Å². The summed E-state index contributed by atoms with van der Waals surface area (Å²) in [5.74, 6) is 0.398. The first-order chi connectivity index (χ1) is 6.89. The minimum absolute atomic E-state index is 0.166. The quantitative estimate of drug-likeness (QED) is 0.889. The number of aromatic nitrogens is 1. The van der Waals surface area contributed by atoms with Gasteiger partial charge in [-0.15, -0.1) is 0 Å². The third-order valence-electron chi connectivity index (χ3n) is 1.50. The van der Waals surface area contributed by atoms with Gasteiger partial charge < -0.3 is 4.52 Å². The second-order valence-corrected chi connectivity index (χ2v) is 5.95. The number of hydrogen-bond acceptors (Lipinski definition) is 4. The van der Waals surface area contributed by atoms with E-state index in [4.69, 9.17) is 4.52 Å². The largest absolute Gasteiger partial charge is 0.361 e. The molecule has 1 N–H and O–H groups in total. The van der Waals surface area contributed by atoms with Crippen LogP contribution in [0, 0.1) is 6.92 Å². The molecule has 0 bridgehead atoms. The van der Waals surface area contributed by atoms with Crippen LogP contribution in [0.5, 0.6) is 0 Å². The van der Waals surface area contributed by atoms with Crippen molar-refractivity contribution in [3.05, 3.63) is 28.6 Å². The van der Waals surface area contributed by atoms with Gasteiger partial charge in [-0.2, -0.15) is 0 Å². The molecule has 0 atom stereocenters. The molecule has 1 aromatic rings. The van der Waals surface area contributed by atoms with Gasteiger partial charge in [0.1, 0.15) is 17.2 Å². The van der Waals surface area contributed by atoms with E-state index in [9.17, 15) is 8.42 Å². The molecule has 0 saturated heterocycles. The Hall–Kier alpha value is -0.660. The molecule has 0 fully saturated rings. The van der Waals surface area contributed by atoms with E-state index in [0.717, 1.165) is 0 Å². The van der Waals surface area contributed by atoms with Gasteiger partial charge in [0.15, 0.2) is 0 Å². The van der Waals surface area contributed by atoms with Crippen LogP contribution in [-0.4, -0.2) is 20.1 Å². The Balaban J connectivity index is 2.60. The van der Waals surface area contributed by atoms with Crippen molar-refractivity contribution in [2.24, 2.45) is 0 Å². The zero-order chi connectivity index (χ0) is 11.5. The van der Waals surface area contributed by atoms with E-state index in [1.165, 1.54) is 0 Å². The molecule has 7 heteroatoms. The Kier molecular flexibility index (Phi) is 4.06. The van der Waals surface area contributed by atoms with Crippen LogP contribution in [0.4, 0.5) is 0 Å². The first kappa shape index (κ1) is 12.4. The second-order valence-electron chi connectivity index (χ2n) is 3.03. The number of sulfonamides is 1. The lowest BCUT2D eigenvalue weighted by molar-refractivity contribution is 0.392. The van der Waals surface area contributed by atoms with Gasteiger partial charge in [0.25, 0.3) is 0 Å². The molecular formula is C8H11BrN2O3S. The summed E-state index contributed by atoms with van der Waals surface area (Å²) >= 11 is 3.06. The monoisotopic (exact) mass is 294 g/mol. The second kappa shape index (κ2) is 4.91. The summed E-state index contributed by atoms with van der Waals surface area (Å²) in [4.78, 5) is 0. The molecule has 5 nitrogen and oxygen atoms in total. The van der Waals surface area contributed by atoms with E-state index in [2.05, 4.69) is 32.4 Å². The summed E-state index contributed by atoms with van der Waals surface area (Å²) in [6.07, 6.45) is 0. The van der Waals surface area contributed by atoms with E-state index in [-0.39, 0.29) is 12.3 Å². The smallest absolute Gasteiger partial charge is 0.217 e. The first-order valence-electron chi connectivity index (χ1n) is 4.12. The third-order valence-corrected chi connectivity index (χ3v) is 3.04. The van der Waals surface area contributed by atoms with Crippen LogP contribution in [0.15, 0.2) is 21.7 Å². The normalized spacial score (nSPS) is 11.6. The van der Waals surface area contributed by atoms with Crippen LogP contribution >= 0.6 is 15.9 Å².